The Bertz CT molecular complexity index is 387. The second kappa shape index (κ2) is 6.34. The summed E-state index contributed by atoms with van der Waals surface area (Å²) in [5.74, 6) is 3.15. The van der Waals surface area contributed by atoms with Crippen molar-refractivity contribution in [2.24, 2.45) is 0 Å². The lowest BCUT2D eigenvalue weighted by Crippen LogP contribution is -2.27. The average molecular weight is 267 g/mol. The van der Waals surface area contributed by atoms with Crippen molar-refractivity contribution >= 4 is 17.4 Å². The molecule has 1 aliphatic heterocycles. The summed E-state index contributed by atoms with van der Waals surface area (Å²) < 4.78 is 5.38. The summed E-state index contributed by atoms with van der Waals surface area (Å²) in [5, 5.41) is 10.0. The maximum absolute atomic E-state index is 10.0. The molecule has 4 heteroatoms. The van der Waals surface area contributed by atoms with Gasteiger partial charge in [0.2, 0.25) is 0 Å². The van der Waals surface area contributed by atoms with Crippen molar-refractivity contribution < 1.29 is 9.84 Å². The summed E-state index contributed by atoms with van der Waals surface area (Å²) in [4.78, 5) is 2.37. The zero-order chi connectivity index (χ0) is 13.0. The number of thioether (sulfide) groups is 1. The molecule has 100 valence electrons. The summed E-state index contributed by atoms with van der Waals surface area (Å²) in [5.41, 5.74) is 2.03. The minimum absolute atomic E-state index is 0.507. The van der Waals surface area contributed by atoms with Crippen LogP contribution in [0.4, 0.5) is 5.69 Å². The highest BCUT2D eigenvalue weighted by molar-refractivity contribution is 7.99. The lowest BCUT2D eigenvalue weighted by molar-refractivity contribution is 0.194. The van der Waals surface area contributed by atoms with Gasteiger partial charge in [-0.15, -0.1) is 0 Å². The minimum atomic E-state index is -0.507. The molecular formula is C14H21NO2S. The van der Waals surface area contributed by atoms with E-state index in [-0.39, 0.29) is 0 Å². The van der Waals surface area contributed by atoms with Crippen molar-refractivity contribution in [2.45, 2.75) is 19.4 Å². The van der Waals surface area contributed by atoms with Crippen LogP contribution in [0.2, 0.25) is 0 Å². The first-order valence-electron chi connectivity index (χ1n) is 6.41. The summed E-state index contributed by atoms with van der Waals surface area (Å²) in [6.45, 7) is 3.89. The predicted molar refractivity (Wildman–Crippen MR) is 77.8 cm³/mol. The van der Waals surface area contributed by atoms with Crippen molar-refractivity contribution in [1.29, 1.82) is 0 Å². The first-order valence-corrected chi connectivity index (χ1v) is 7.57. The van der Waals surface area contributed by atoms with Gasteiger partial charge in [0.05, 0.1) is 13.2 Å². The highest BCUT2D eigenvalue weighted by Gasteiger charge is 2.19. The molecule has 0 saturated carbocycles. The zero-order valence-corrected chi connectivity index (χ0v) is 11.9. The molecule has 0 bridgehead atoms. The highest BCUT2D eigenvalue weighted by Crippen LogP contribution is 2.35. The number of anilines is 1. The second-order valence-electron chi connectivity index (χ2n) is 4.52. The molecule has 1 unspecified atom stereocenters. The second-order valence-corrected chi connectivity index (χ2v) is 5.75. The lowest BCUT2D eigenvalue weighted by Gasteiger charge is -2.27. The van der Waals surface area contributed by atoms with Crippen molar-refractivity contribution in [1.82, 2.24) is 0 Å². The molecule has 1 heterocycles. The van der Waals surface area contributed by atoms with Gasteiger partial charge in [0.25, 0.3) is 0 Å². The van der Waals surface area contributed by atoms with Crippen LogP contribution in [0, 0.1) is 0 Å². The van der Waals surface area contributed by atoms with Gasteiger partial charge >= 0.3 is 0 Å². The van der Waals surface area contributed by atoms with Crippen LogP contribution in [0.5, 0.6) is 5.75 Å². The molecule has 1 N–H and O–H groups in total. The van der Waals surface area contributed by atoms with Crippen LogP contribution < -0.4 is 9.64 Å². The van der Waals surface area contributed by atoms with E-state index in [9.17, 15) is 5.11 Å². The van der Waals surface area contributed by atoms with Crippen LogP contribution in [-0.4, -0.2) is 36.8 Å². The molecule has 0 radical (unpaired) electrons. The largest absolute Gasteiger partial charge is 0.496 e. The number of methoxy groups -OCH3 is 1. The number of rotatable bonds is 3. The molecule has 0 amide bonds. The smallest absolute Gasteiger partial charge is 0.126 e. The summed E-state index contributed by atoms with van der Waals surface area (Å²) in [7, 11) is 1.66. The molecule has 1 fully saturated rings. The Hall–Kier alpha value is -0.870. The van der Waals surface area contributed by atoms with Gasteiger partial charge in [0.1, 0.15) is 5.75 Å². The number of benzene rings is 1. The molecule has 1 aliphatic rings. The molecule has 1 atom stereocenters. The molecule has 1 aromatic rings. The lowest BCUT2D eigenvalue weighted by atomic mass is 10.1. The van der Waals surface area contributed by atoms with Gasteiger partial charge in [-0.3, -0.25) is 0 Å². The highest BCUT2D eigenvalue weighted by atomic mass is 32.2. The third kappa shape index (κ3) is 2.93. The van der Waals surface area contributed by atoms with Crippen LogP contribution in [0.15, 0.2) is 18.2 Å². The van der Waals surface area contributed by atoms with E-state index in [1.54, 1.807) is 14.0 Å². The number of ether oxygens (including phenoxy) is 1. The van der Waals surface area contributed by atoms with E-state index in [1.165, 1.54) is 12.2 Å². The first kappa shape index (κ1) is 13.6. The van der Waals surface area contributed by atoms with Crippen LogP contribution >= 0.6 is 11.8 Å². The number of hydrogen-bond donors (Lipinski definition) is 1. The van der Waals surface area contributed by atoms with Crippen LogP contribution in [0.1, 0.15) is 25.0 Å². The quantitative estimate of drug-likeness (QED) is 0.912. The van der Waals surface area contributed by atoms with E-state index in [2.05, 4.69) is 11.0 Å². The molecule has 1 aromatic carbocycles. The molecule has 18 heavy (non-hydrogen) atoms. The monoisotopic (exact) mass is 267 g/mol. The Morgan fingerprint density at radius 3 is 2.89 bits per heavy atom. The molecular weight excluding hydrogens is 246 g/mol. The summed E-state index contributed by atoms with van der Waals surface area (Å²) in [6, 6.07) is 6.00. The van der Waals surface area contributed by atoms with E-state index >= 15 is 0 Å². The Kier molecular flexibility index (Phi) is 4.78. The van der Waals surface area contributed by atoms with Gasteiger partial charge in [-0.2, -0.15) is 11.8 Å². The zero-order valence-electron chi connectivity index (χ0n) is 11.1. The summed E-state index contributed by atoms with van der Waals surface area (Å²) >= 11 is 2.00. The van der Waals surface area contributed by atoms with Gasteiger partial charge in [-0.1, -0.05) is 6.07 Å². The molecule has 0 spiro atoms. The number of aliphatic hydroxyl groups is 1. The first-order chi connectivity index (χ1) is 8.74. The Labute approximate surface area is 113 Å². The van der Waals surface area contributed by atoms with Crippen molar-refractivity contribution in [3.05, 3.63) is 23.8 Å². The standard InChI is InChI=1S/C14H21NO2S/c1-11(16)14-12(5-3-6-13(14)17-2)15-7-4-9-18-10-8-15/h3,5-6,11,16H,4,7-10H2,1-2H3. The van der Waals surface area contributed by atoms with Gasteiger partial charge in [-0.05, 0) is 31.2 Å². The number of aliphatic hydroxyl groups excluding tert-OH is 1. The Morgan fingerprint density at radius 2 is 2.17 bits per heavy atom. The Morgan fingerprint density at radius 1 is 1.33 bits per heavy atom. The molecule has 2 rings (SSSR count). The molecule has 0 aromatic heterocycles. The normalized spacial score (nSPS) is 18.3. The third-order valence-electron chi connectivity index (χ3n) is 3.24. The molecule has 0 aliphatic carbocycles. The minimum Gasteiger partial charge on any atom is -0.496 e. The number of nitrogens with zero attached hydrogens (tertiary/aromatic N) is 1. The Balaban J connectivity index is 2.35. The fourth-order valence-corrected chi connectivity index (χ4v) is 3.28. The van der Waals surface area contributed by atoms with Crippen molar-refractivity contribution in [2.75, 3.05) is 36.6 Å². The van der Waals surface area contributed by atoms with E-state index in [1.807, 2.05) is 23.9 Å². The fraction of sp³-hybridized carbons (Fsp3) is 0.571. The van der Waals surface area contributed by atoms with Crippen molar-refractivity contribution in [3.63, 3.8) is 0 Å². The van der Waals surface area contributed by atoms with E-state index in [4.69, 9.17) is 4.74 Å². The van der Waals surface area contributed by atoms with E-state index < -0.39 is 6.10 Å². The van der Waals surface area contributed by atoms with Gasteiger partial charge in [0.15, 0.2) is 0 Å². The average Bonchev–Trinajstić information content (AvgIpc) is 2.66. The maximum Gasteiger partial charge on any atom is 0.126 e. The van der Waals surface area contributed by atoms with Crippen molar-refractivity contribution in [3.8, 4) is 5.75 Å². The summed E-state index contributed by atoms with van der Waals surface area (Å²) in [6.07, 6.45) is 0.688. The topological polar surface area (TPSA) is 32.7 Å². The van der Waals surface area contributed by atoms with Gasteiger partial charge in [-0.25, -0.2) is 0 Å². The van der Waals surface area contributed by atoms with Crippen LogP contribution in [0.3, 0.4) is 0 Å². The fourth-order valence-electron chi connectivity index (χ4n) is 2.39. The van der Waals surface area contributed by atoms with Gasteiger partial charge in [0, 0.05) is 30.1 Å². The SMILES string of the molecule is COc1cccc(N2CCCSCC2)c1C(C)O. The van der Waals surface area contributed by atoms with E-state index in [0.29, 0.717) is 0 Å². The van der Waals surface area contributed by atoms with Crippen LogP contribution in [-0.2, 0) is 0 Å². The van der Waals surface area contributed by atoms with Gasteiger partial charge < -0.3 is 14.7 Å². The molecule has 1 saturated heterocycles. The van der Waals surface area contributed by atoms with E-state index in [0.717, 1.165) is 35.8 Å². The van der Waals surface area contributed by atoms with Crippen LogP contribution in [0.25, 0.3) is 0 Å². The maximum atomic E-state index is 10.0. The predicted octanol–water partition coefficient (Wildman–Crippen LogP) is 2.69. The third-order valence-corrected chi connectivity index (χ3v) is 4.29. The number of hydrogen-bond acceptors (Lipinski definition) is 4. The molecule has 3 nitrogen and oxygen atoms in total.